The highest BCUT2D eigenvalue weighted by molar-refractivity contribution is 7.80. The lowest BCUT2D eigenvalue weighted by Gasteiger charge is -2.14. The molecule has 0 aliphatic heterocycles. The van der Waals surface area contributed by atoms with Gasteiger partial charge >= 0.3 is 12.3 Å². The Hall–Kier alpha value is -1.88. The van der Waals surface area contributed by atoms with Crippen molar-refractivity contribution in [2.24, 2.45) is 0 Å². The van der Waals surface area contributed by atoms with Crippen LogP contribution in [0.2, 0.25) is 0 Å². The number of thiol groups is 1. The van der Waals surface area contributed by atoms with Crippen LogP contribution >= 0.6 is 12.6 Å². The topological polar surface area (TPSA) is 70.3 Å². The second kappa shape index (κ2) is 5.18. The number of halogens is 3. The molecule has 1 aromatic rings. The molecule has 8 heteroatoms. The number of benzene rings is 1. The zero-order chi connectivity index (χ0) is 13.9. The van der Waals surface area contributed by atoms with Crippen molar-refractivity contribution in [3.8, 4) is 11.8 Å². The lowest BCUT2D eigenvalue weighted by molar-refractivity contribution is -0.275. The Morgan fingerprint density at radius 1 is 1.50 bits per heavy atom. The minimum Gasteiger partial charge on any atom is -0.481 e. The number of nitriles is 1. The van der Waals surface area contributed by atoms with E-state index in [0.717, 1.165) is 12.1 Å². The molecule has 1 rings (SSSR count). The van der Waals surface area contributed by atoms with E-state index in [1.54, 1.807) is 0 Å². The molecule has 0 atom stereocenters. The summed E-state index contributed by atoms with van der Waals surface area (Å²) < 4.78 is 40.2. The lowest BCUT2D eigenvalue weighted by atomic mass is 10.1. The normalized spacial score (nSPS) is 10.8. The molecular formula is C10H6F3NO3S. The van der Waals surface area contributed by atoms with Crippen LogP contribution in [0.25, 0.3) is 0 Å². The largest absolute Gasteiger partial charge is 0.573 e. The monoisotopic (exact) mass is 277 g/mol. The summed E-state index contributed by atoms with van der Waals surface area (Å²) in [5.41, 5.74) is -0.681. The van der Waals surface area contributed by atoms with Crippen molar-refractivity contribution in [3.63, 3.8) is 0 Å². The maximum Gasteiger partial charge on any atom is 0.573 e. The fourth-order valence-electron chi connectivity index (χ4n) is 1.29. The predicted molar refractivity (Wildman–Crippen MR) is 56.4 cm³/mol. The summed E-state index contributed by atoms with van der Waals surface area (Å²) in [5, 5.41) is 17.3. The van der Waals surface area contributed by atoms with Crippen molar-refractivity contribution in [2.75, 3.05) is 0 Å². The van der Waals surface area contributed by atoms with Crippen LogP contribution in [0, 0.1) is 11.3 Å². The van der Waals surface area contributed by atoms with Crippen LogP contribution in [0.4, 0.5) is 13.2 Å². The Balaban J connectivity index is 3.34. The minimum absolute atomic E-state index is 0.178. The number of alkyl halides is 3. The first-order valence-corrected chi connectivity index (χ1v) is 4.91. The Morgan fingerprint density at radius 2 is 2.11 bits per heavy atom. The molecule has 0 radical (unpaired) electrons. The minimum atomic E-state index is -5.00. The number of rotatable bonds is 3. The summed E-state index contributed by atoms with van der Waals surface area (Å²) in [6.45, 7) is 0. The van der Waals surface area contributed by atoms with Crippen LogP contribution in [0.1, 0.15) is 11.1 Å². The van der Waals surface area contributed by atoms with E-state index in [1.807, 2.05) is 0 Å². The zero-order valence-electron chi connectivity index (χ0n) is 8.65. The van der Waals surface area contributed by atoms with E-state index in [2.05, 4.69) is 17.4 Å². The van der Waals surface area contributed by atoms with Crippen LogP contribution < -0.4 is 4.74 Å². The summed E-state index contributed by atoms with van der Waals surface area (Å²) in [5.74, 6) is -2.14. The highest BCUT2D eigenvalue weighted by Crippen LogP contribution is 2.32. The molecule has 18 heavy (non-hydrogen) atoms. The molecule has 1 N–H and O–H groups in total. The molecule has 0 saturated heterocycles. The van der Waals surface area contributed by atoms with E-state index in [1.165, 1.54) is 6.07 Å². The van der Waals surface area contributed by atoms with Crippen molar-refractivity contribution in [2.45, 2.75) is 17.7 Å². The van der Waals surface area contributed by atoms with E-state index < -0.39 is 30.1 Å². The Bertz CT molecular complexity index is 522. The number of aliphatic carboxylic acids is 1. The van der Waals surface area contributed by atoms with Crippen LogP contribution in [-0.2, 0) is 11.2 Å². The lowest BCUT2D eigenvalue weighted by Crippen LogP contribution is -2.19. The van der Waals surface area contributed by atoms with Crippen molar-refractivity contribution in [3.05, 3.63) is 23.3 Å². The summed E-state index contributed by atoms with van der Waals surface area (Å²) in [6, 6.07) is 3.68. The number of hydrogen-bond donors (Lipinski definition) is 2. The fourth-order valence-corrected chi connectivity index (χ4v) is 1.57. The molecule has 0 bridgehead atoms. The molecule has 0 aliphatic carbocycles. The molecule has 0 fully saturated rings. The van der Waals surface area contributed by atoms with E-state index >= 15 is 0 Å². The second-order valence-electron chi connectivity index (χ2n) is 3.21. The number of hydrogen-bond acceptors (Lipinski definition) is 4. The van der Waals surface area contributed by atoms with Crippen molar-refractivity contribution in [1.29, 1.82) is 5.26 Å². The highest BCUT2D eigenvalue weighted by Gasteiger charge is 2.33. The summed E-state index contributed by atoms with van der Waals surface area (Å²) in [7, 11) is 0. The van der Waals surface area contributed by atoms with E-state index in [4.69, 9.17) is 10.4 Å². The fraction of sp³-hybridized carbons (Fsp3) is 0.200. The van der Waals surface area contributed by atoms with Gasteiger partial charge in [-0.3, -0.25) is 4.79 Å². The Labute approximate surface area is 105 Å². The standard InChI is InChI=1S/C10H6F3NO3S/c11-10(12,13)17-9-5(3-8(15)16)1-7(18)2-6(9)4-14/h1-2,18H,3H2,(H,15,16). The average molecular weight is 277 g/mol. The smallest absolute Gasteiger partial charge is 0.481 e. The number of carbonyl (C=O) groups is 1. The SMILES string of the molecule is N#Cc1cc(S)cc(CC(=O)O)c1OC(F)(F)F. The molecule has 0 aromatic heterocycles. The van der Waals surface area contributed by atoms with Crippen molar-refractivity contribution < 1.29 is 27.8 Å². The third-order valence-electron chi connectivity index (χ3n) is 1.83. The molecule has 96 valence electrons. The summed E-state index contributed by atoms with van der Waals surface area (Å²) >= 11 is 3.88. The number of carboxylic acid groups (broad SMARTS) is 1. The Kier molecular flexibility index (Phi) is 4.08. The molecule has 4 nitrogen and oxygen atoms in total. The first kappa shape index (κ1) is 14.2. The first-order valence-electron chi connectivity index (χ1n) is 4.46. The van der Waals surface area contributed by atoms with Crippen molar-refractivity contribution >= 4 is 18.6 Å². The van der Waals surface area contributed by atoms with Crippen LogP contribution in [0.5, 0.6) is 5.75 Å². The maximum absolute atomic E-state index is 12.2. The van der Waals surface area contributed by atoms with Crippen LogP contribution in [0.15, 0.2) is 17.0 Å². The van der Waals surface area contributed by atoms with Gasteiger partial charge in [0.15, 0.2) is 5.75 Å². The molecule has 0 heterocycles. The second-order valence-corrected chi connectivity index (χ2v) is 3.73. The summed E-state index contributed by atoms with van der Waals surface area (Å²) in [4.78, 5) is 10.7. The van der Waals surface area contributed by atoms with Gasteiger partial charge < -0.3 is 9.84 Å². The Morgan fingerprint density at radius 3 is 2.56 bits per heavy atom. The van der Waals surface area contributed by atoms with Gasteiger partial charge in [-0.2, -0.15) is 5.26 Å². The van der Waals surface area contributed by atoms with E-state index in [0.29, 0.717) is 0 Å². The third kappa shape index (κ3) is 3.85. The molecule has 1 aromatic carbocycles. The highest BCUT2D eigenvalue weighted by atomic mass is 32.1. The van der Waals surface area contributed by atoms with Crippen LogP contribution in [0.3, 0.4) is 0 Å². The van der Waals surface area contributed by atoms with E-state index in [9.17, 15) is 18.0 Å². The van der Waals surface area contributed by atoms with Crippen LogP contribution in [-0.4, -0.2) is 17.4 Å². The molecule has 0 unspecified atom stereocenters. The summed E-state index contributed by atoms with van der Waals surface area (Å²) in [6.07, 6.45) is -5.70. The van der Waals surface area contributed by atoms with Gasteiger partial charge in [-0.25, -0.2) is 0 Å². The number of ether oxygens (including phenoxy) is 1. The van der Waals surface area contributed by atoms with Gasteiger partial charge in [0.25, 0.3) is 0 Å². The maximum atomic E-state index is 12.2. The van der Waals surface area contributed by atoms with Gasteiger partial charge in [0.05, 0.1) is 12.0 Å². The quantitative estimate of drug-likeness (QED) is 0.832. The molecule has 0 aliphatic rings. The molecular weight excluding hydrogens is 271 g/mol. The zero-order valence-corrected chi connectivity index (χ0v) is 9.55. The van der Waals surface area contributed by atoms with E-state index in [-0.39, 0.29) is 10.5 Å². The average Bonchev–Trinajstić information content (AvgIpc) is 2.19. The third-order valence-corrected chi connectivity index (χ3v) is 2.09. The van der Waals surface area contributed by atoms with Gasteiger partial charge in [0.2, 0.25) is 0 Å². The molecule has 0 amide bonds. The first-order chi connectivity index (χ1) is 8.23. The van der Waals surface area contributed by atoms with Gasteiger partial charge in [0, 0.05) is 10.5 Å². The predicted octanol–water partition coefficient (Wildman–Crippen LogP) is 2.37. The van der Waals surface area contributed by atoms with Gasteiger partial charge in [-0.1, -0.05) is 0 Å². The number of carboxylic acids is 1. The van der Waals surface area contributed by atoms with Gasteiger partial charge in [0.1, 0.15) is 6.07 Å². The van der Waals surface area contributed by atoms with Gasteiger partial charge in [-0.05, 0) is 12.1 Å². The van der Waals surface area contributed by atoms with Gasteiger partial charge in [-0.15, -0.1) is 25.8 Å². The molecule has 0 saturated carbocycles. The molecule has 0 spiro atoms. The van der Waals surface area contributed by atoms with Crippen molar-refractivity contribution in [1.82, 2.24) is 0 Å². The number of nitrogens with zero attached hydrogens (tertiary/aromatic N) is 1.